The molecular weight excluding hydrogens is 144 g/mol. The van der Waals surface area contributed by atoms with E-state index in [0.717, 1.165) is 0 Å². The Morgan fingerprint density at radius 2 is 2.56 bits per heavy atom. The molecule has 1 fully saturated rings. The normalized spacial score (nSPS) is 43.0. The van der Waals surface area contributed by atoms with E-state index in [9.17, 15) is 4.79 Å². The minimum atomic E-state index is -1.18. The molecule has 0 saturated carbocycles. The summed E-state index contributed by atoms with van der Waals surface area (Å²) in [5.41, 5.74) is -1.18. The summed E-state index contributed by atoms with van der Waals surface area (Å²) in [7, 11) is 0. The predicted molar refractivity (Wildman–Crippen MR) is 31.2 cm³/mol. The molecule has 4 heteroatoms. The fraction of sp³-hybridized carbons (Fsp3) is 0.800. The SMILES string of the molecule is C[C@]1(O)COC(=O)[C@H]1Cl. The van der Waals surface area contributed by atoms with Crippen molar-refractivity contribution in [2.45, 2.75) is 17.9 Å². The molecule has 0 amide bonds. The number of aliphatic hydroxyl groups is 1. The zero-order valence-electron chi connectivity index (χ0n) is 4.93. The fourth-order valence-corrected chi connectivity index (χ4v) is 0.743. The predicted octanol–water partition coefficient (Wildman–Crippen LogP) is -0.0984. The molecule has 52 valence electrons. The van der Waals surface area contributed by atoms with Crippen molar-refractivity contribution in [1.82, 2.24) is 0 Å². The number of hydrogen-bond donors (Lipinski definition) is 1. The van der Waals surface area contributed by atoms with Crippen LogP contribution in [0.3, 0.4) is 0 Å². The Bertz CT molecular complexity index is 143. The second-order valence-electron chi connectivity index (χ2n) is 2.33. The maximum absolute atomic E-state index is 10.5. The van der Waals surface area contributed by atoms with E-state index >= 15 is 0 Å². The Kier molecular flexibility index (Phi) is 1.41. The molecule has 3 nitrogen and oxygen atoms in total. The van der Waals surface area contributed by atoms with E-state index < -0.39 is 16.9 Å². The van der Waals surface area contributed by atoms with Gasteiger partial charge in [0.1, 0.15) is 12.2 Å². The fourth-order valence-electron chi connectivity index (χ4n) is 0.617. The van der Waals surface area contributed by atoms with Crippen molar-refractivity contribution in [3.8, 4) is 0 Å². The quantitative estimate of drug-likeness (QED) is 0.388. The summed E-state index contributed by atoms with van der Waals surface area (Å²) in [5.74, 6) is -0.540. The first kappa shape index (κ1) is 6.83. The van der Waals surface area contributed by atoms with Gasteiger partial charge in [0.2, 0.25) is 0 Å². The van der Waals surface area contributed by atoms with Gasteiger partial charge in [-0.3, -0.25) is 4.79 Å². The molecule has 0 spiro atoms. The van der Waals surface area contributed by atoms with Crippen molar-refractivity contribution in [2.24, 2.45) is 0 Å². The van der Waals surface area contributed by atoms with Crippen LogP contribution in [0, 0.1) is 0 Å². The van der Waals surface area contributed by atoms with Crippen LogP contribution in [0.1, 0.15) is 6.92 Å². The lowest BCUT2D eigenvalue weighted by molar-refractivity contribution is -0.137. The summed E-state index contributed by atoms with van der Waals surface area (Å²) in [6, 6.07) is 0. The Morgan fingerprint density at radius 3 is 2.67 bits per heavy atom. The van der Waals surface area contributed by atoms with Crippen molar-refractivity contribution >= 4 is 17.6 Å². The van der Waals surface area contributed by atoms with E-state index in [2.05, 4.69) is 4.74 Å². The van der Waals surface area contributed by atoms with Gasteiger partial charge in [0, 0.05) is 0 Å². The lowest BCUT2D eigenvalue weighted by Gasteiger charge is -2.13. The van der Waals surface area contributed by atoms with E-state index in [4.69, 9.17) is 16.7 Å². The van der Waals surface area contributed by atoms with E-state index in [1.165, 1.54) is 6.92 Å². The van der Waals surface area contributed by atoms with Gasteiger partial charge in [-0.05, 0) is 6.92 Å². The van der Waals surface area contributed by atoms with Gasteiger partial charge < -0.3 is 9.84 Å². The molecule has 1 rings (SSSR count). The van der Waals surface area contributed by atoms with Crippen LogP contribution in [0.2, 0.25) is 0 Å². The molecule has 0 aromatic heterocycles. The Labute approximate surface area is 57.6 Å². The van der Waals surface area contributed by atoms with E-state index in [-0.39, 0.29) is 6.61 Å². The second kappa shape index (κ2) is 1.85. The number of halogens is 1. The molecular formula is C5H7ClO3. The maximum atomic E-state index is 10.5. The van der Waals surface area contributed by atoms with Gasteiger partial charge in [0.05, 0.1) is 0 Å². The number of cyclic esters (lactones) is 1. The molecule has 0 radical (unpaired) electrons. The standard InChI is InChI=1S/C5H7ClO3/c1-5(8)2-9-4(7)3(5)6/h3,8H,2H2,1H3/t3-,5+/m1/s1. The molecule has 1 heterocycles. The van der Waals surface area contributed by atoms with Crippen LogP contribution in [-0.4, -0.2) is 28.7 Å². The van der Waals surface area contributed by atoms with Crippen LogP contribution >= 0.6 is 11.6 Å². The average Bonchev–Trinajstić information content (AvgIpc) is 1.97. The zero-order chi connectivity index (χ0) is 7.07. The molecule has 1 saturated heterocycles. The van der Waals surface area contributed by atoms with Crippen molar-refractivity contribution < 1.29 is 14.6 Å². The highest BCUT2D eigenvalue weighted by atomic mass is 35.5. The van der Waals surface area contributed by atoms with E-state index in [1.54, 1.807) is 0 Å². The number of esters is 1. The third kappa shape index (κ3) is 1.02. The van der Waals surface area contributed by atoms with Gasteiger partial charge in [-0.25, -0.2) is 0 Å². The lowest BCUT2D eigenvalue weighted by Crippen LogP contribution is -2.35. The van der Waals surface area contributed by atoms with Crippen LogP contribution in [-0.2, 0) is 9.53 Å². The number of ether oxygens (including phenoxy) is 1. The monoisotopic (exact) mass is 150 g/mol. The van der Waals surface area contributed by atoms with Crippen LogP contribution in [0.5, 0.6) is 0 Å². The minimum absolute atomic E-state index is 0. The van der Waals surface area contributed by atoms with Crippen molar-refractivity contribution in [2.75, 3.05) is 6.61 Å². The first-order valence-electron chi connectivity index (χ1n) is 2.57. The Hall–Kier alpha value is -0.280. The lowest BCUT2D eigenvalue weighted by atomic mass is 10.1. The minimum Gasteiger partial charge on any atom is -0.461 e. The van der Waals surface area contributed by atoms with Gasteiger partial charge >= 0.3 is 5.97 Å². The second-order valence-corrected chi connectivity index (χ2v) is 2.76. The van der Waals surface area contributed by atoms with Crippen LogP contribution in [0.25, 0.3) is 0 Å². The number of rotatable bonds is 0. The number of carbonyl (C=O) groups is 1. The Morgan fingerprint density at radius 1 is 2.00 bits per heavy atom. The van der Waals surface area contributed by atoms with Gasteiger partial charge in [0.25, 0.3) is 0 Å². The Balaban J connectivity index is 2.73. The highest BCUT2D eigenvalue weighted by molar-refractivity contribution is 6.31. The molecule has 9 heavy (non-hydrogen) atoms. The summed E-state index contributed by atoms with van der Waals surface area (Å²) < 4.78 is 4.46. The molecule has 0 aliphatic carbocycles. The highest BCUT2D eigenvalue weighted by Crippen LogP contribution is 2.23. The molecule has 2 atom stereocenters. The first-order valence-corrected chi connectivity index (χ1v) is 3.01. The topological polar surface area (TPSA) is 46.5 Å². The number of alkyl halides is 1. The van der Waals surface area contributed by atoms with E-state index in [0.29, 0.717) is 0 Å². The molecule has 0 aromatic rings. The van der Waals surface area contributed by atoms with Crippen LogP contribution in [0.15, 0.2) is 0 Å². The molecule has 1 aliphatic rings. The molecule has 1 N–H and O–H groups in total. The smallest absolute Gasteiger partial charge is 0.327 e. The van der Waals surface area contributed by atoms with Crippen LogP contribution < -0.4 is 0 Å². The average molecular weight is 151 g/mol. The zero-order valence-corrected chi connectivity index (χ0v) is 5.68. The molecule has 1 aliphatic heterocycles. The van der Waals surface area contributed by atoms with Crippen molar-refractivity contribution in [3.63, 3.8) is 0 Å². The van der Waals surface area contributed by atoms with Gasteiger partial charge in [-0.15, -0.1) is 11.6 Å². The maximum Gasteiger partial charge on any atom is 0.327 e. The van der Waals surface area contributed by atoms with Crippen LogP contribution in [0.4, 0.5) is 0 Å². The van der Waals surface area contributed by atoms with Gasteiger partial charge in [-0.1, -0.05) is 0 Å². The highest BCUT2D eigenvalue weighted by Gasteiger charge is 2.44. The summed E-state index contributed by atoms with van der Waals surface area (Å²) in [5, 5.41) is 8.25. The van der Waals surface area contributed by atoms with Gasteiger partial charge in [0.15, 0.2) is 5.38 Å². The summed E-state index contributed by atoms with van der Waals surface area (Å²) in [6.45, 7) is 1.47. The van der Waals surface area contributed by atoms with Crippen molar-refractivity contribution in [1.29, 1.82) is 0 Å². The van der Waals surface area contributed by atoms with E-state index in [1.807, 2.05) is 0 Å². The molecule has 0 bridgehead atoms. The largest absolute Gasteiger partial charge is 0.461 e. The summed E-state index contributed by atoms with van der Waals surface area (Å²) >= 11 is 5.43. The van der Waals surface area contributed by atoms with Crippen molar-refractivity contribution in [3.05, 3.63) is 0 Å². The molecule has 0 aromatic carbocycles. The molecule has 0 unspecified atom stereocenters. The number of carbonyl (C=O) groups excluding carboxylic acids is 1. The number of hydrogen-bond acceptors (Lipinski definition) is 3. The third-order valence-electron chi connectivity index (χ3n) is 1.26. The summed E-state index contributed by atoms with van der Waals surface area (Å²) in [6.07, 6.45) is 0. The first-order chi connectivity index (χ1) is 4.04. The summed E-state index contributed by atoms with van der Waals surface area (Å²) in [4.78, 5) is 10.5. The third-order valence-corrected chi connectivity index (χ3v) is 1.91. The van der Waals surface area contributed by atoms with Gasteiger partial charge in [-0.2, -0.15) is 0 Å².